The third-order valence-corrected chi connectivity index (χ3v) is 4.19. The van der Waals surface area contributed by atoms with E-state index < -0.39 is 46.8 Å². The van der Waals surface area contributed by atoms with Gasteiger partial charge in [-0.05, 0) is 63.6 Å². The number of amides is 1. The minimum Gasteiger partial charge on any atom is -0.507 e. The number of anilines is 1. The van der Waals surface area contributed by atoms with Crippen LogP contribution in [0.4, 0.5) is 23.7 Å². The Hall–Kier alpha value is -3.23. The van der Waals surface area contributed by atoms with Gasteiger partial charge in [-0.3, -0.25) is 4.90 Å². The fourth-order valence-corrected chi connectivity index (χ4v) is 2.74. The van der Waals surface area contributed by atoms with Gasteiger partial charge < -0.3 is 14.9 Å². The maximum absolute atomic E-state index is 12.9. The van der Waals surface area contributed by atoms with Crippen LogP contribution in [0, 0.1) is 0 Å². The number of carbonyl (C=O) groups excluding carboxylic acids is 1. The molecule has 30 heavy (non-hydrogen) atoms. The zero-order chi connectivity index (χ0) is 22.9. The predicted molar refractivity (Wildman–Crippen MR) is 104 cm³/mol. The number of halogens is 3. The van der Waals surface area contributed by atoms with Gasteiger partial charge in [-0.25, -0.2) is 9.59 Å². The molecule has 1 atom stereocenters. The van der Waals surface area contributed by atoms with Crippen LogP contribution in [-0.4, -0.2) is 27.9 Å². The van der Waals surface area contributed by atoms with Gasteiger partial charge in [-0.15, -0.1) is 0 Å². The first-order chi connectivity index (χ1) is 13.7. The fraction of sp³-hybridized carbons (Fsp3) is 0.333. The van der Waals surface area contributed by atoms with E-state index in [1.165, 1.54) is 18.2 Å². The largest absolute Gasteiger partial charge is 0.507 e. The van der Waals surface area contributed by atoms with Crippen molar-refractivity contribution < 1.29 is 37.7 Å². The van der Waals surface area contributed by atoms with Crippen molar-refractivity contribution in [2.24, 2.45) is 0 Å². The van der Waals surface area contributed by atoms with Crippen LogP contribution in [-0.2, 0) is 10.9 Å². The number of benzene rings is 2. The highest BCUT2D eigenvalue weighted by molar-refractivity contribution is 5.95. The zero-order valence-electron chi connectivity index (χ0n) is 16.8. The number of hydrogen-bond acceptors (Lipinski definition) is 4. The molecule has 2 rings (SSSR count). The molecule has 0 radical (unpaired) electrons. The lowest BCUT2D eigenvalue weighted by atomic mass is 10.0. The van der Waals surface area contributed by atoms with Gasteiger partial charge in [-0.1, -0.05) is 12.1 Å². The molecule has 1 amide bonds. The third kappa shape index (κ3) is 5.43. The van der Waals surface area contributed by atoms with Crippen molar-refractivity contribution in [3.05, 3.63) is 59.2 Å². The van der Waals surface area contributed by atoms with Crippen molar-refractivity contribution in [3.8, 4) is 5.75 Å². The summed E-state index contributed by atoms with van der Waals surface area (Å²) in [6, 6.07) is 7.03. The van der Waals surface area contributed by atoms with Gasteiger partial charge >= 0.3 is 18.2 Å². The van der Waals surface area contributed by atoms with Crippen molar-refractivity contribution in [1.29, 1.82) is 0 Å². The summed E-state index contributed by atoms with van der Waals surface area (Å²) < 4.78 is 44.0. The topological polar surface area (TPSA) is 87.1 Å². The number of rotatable bonds is 4. The highest BCUT2D eigenvalue weighted by Crippen LogP contribution is 2.34. The first kappa shape index (κ1) is 23.1. The first-order valence-corrected chi connectivity index (χ1v) is 8.96. The molecule has 0 aliphatic rings. The number of hydrogen-bond donors (Lipinski definition) is 2. The number of nitrogens with zero attached hydrogens (tertiary/aromatic N) is 1. The fourth-order valence-electron chi connectivity index (χ4n) is 2.74. The molecule has 0 aliphatic heterocycles. The van der Waals surface area contributed by atoms with Crippen LogP contribution in [0.2, 0.25) is 0 Å². The summed E-state index contributed by atoms with van der Waals surface area (Å²) in [4.78, 5) is 25.4. The number of alkyl halides is 3. The van der Waals surface area contributed by atoms with Gasteiger partial charge in [0.1, 0.15) is 16.9 Å². The molecule has 9 heteroatoms. The smallest absolute Gasteiger partial charge is 0.416 e. The zero-order valence-corrected chi connectivity index (χ0v) is 16.8. The highest BCUT2D eigenvalue weighted by atomic mass is 19.4. The number of phenols is 1. The summed E-state index contributed by atoms with van der Waals surface area (Å²) in [6.45, 7) is 6.50. The molecule has 6 nitrogen and oxygen atoms in total. The third-order valence-electron chi connectivity index (χ3n) is 4.19. The van der Waals surface area contributed by atoms with E-state index in [0.29, 0.717) is 5.56 Å². The van der Waals surface area contributed by atoms with E-state index in [1.54, 1.807) is 27.7 Å². The molecule has 0 fully saturated rings. The second kappa shape index (κ2) is 8.25. The molecule has 0 aliphatic carbocycles. The highest BCUT2D eigenvalue weighted by Gasteiger charge is 2.32. The number of ether oxygens (including phenoxy) is 1. The Morgan fingerprint density at radius 1 is 1.03 bits per heavy atom. The summed E-state index contributed by atoms with van der Waals surface area (Å²) in [6.07, 6.45) is -5.32. The second-order valence-corrected chi connectivity index (χ2v) is 7.65. The summed E-state index contributed by atoms with van der Waals surface area (Å²) in [5.41, 5.74) is -1.66. The molecule has 2 aromatic rings. The molecule has 0 saturated heterocycles. The van der Waals surface area contributed by atoms with Gasteiger partial charge in [0.05, 0.1) is 11.6 Å². The summed E-state index contributed by atoms with van der Waals surface area (Å²) in [5, 5.41) is 19.0. The van der Waals surface area contributed by atoms with Crippen LogP contribution < -0.4 is 4.90 Å². The Kier molecular flexibility index (Phi) is 6.34. The Morgan fingerprint density at radius 3 is 2.07 bits per heavy atom. The second-order valence-electron chi connectivity index (χ2n) is 7.65. The van der Waals surface area contributed by atoms with Crippen molar-refractivity contribution >= 4 is 17.7 Å². The normalized spacial score (nSPS) is 12.9. The minimum absolute atomic E-state index is 0.104. The van der Waals surface area contributed by atoms with Crippen LogP contribution in [0.1, 0.15) is 55.2 Å². The van der Waals surface area contributed by atoms with Crippen molar-refractivity contribution in [3.63, 3.8) is 0 Å². The van der Waals surface area contributed by atoms with Gasteiger partial charge in [-0.2, -0.15) is 13.2 Å². The maximum atomic E-state index is 12.9. The number of aromatic hydroxyl groups is 1. The van der Waals surface area contributed by atoms with Gasteiger partial charge in [0.15, 0.2) is 0 Å². The Balaban J connectivity index is 2.52. The Morgan fingerprint density at radius 2 is 1.60 bits per heavy atom. The van der Waals surface area contributed by atoms with E-state index >= 15 is 0 Å². The lowest BCUT2D eigenvalue weighted by Crippen LogP contribution is -2.38. The van der Waals surface area contributed by atoms with Crippen molar-refractivity contribution in [2.45, 2.75) is 45.5 Å². The van der Waals surface area contributed by atoms with E-state index in [9.17, 15) is 33.0 Å². The molecule has 2 N–H and O–H groups in total. The SMILES string of the molecule is CC(c1ccc(C(F)(F)F)cc1)N(C(=O)OC(C)(C)C)c1ccc(O)c(C(=O)O)c1. The molecule has 1 unspecified atom stereocenters. The number of aromatic carboxylic acids is 1. The Bertz CT molecular complexity index is 933. The quantitative estimate of drug-likeness (QED) is 0.665. The summed E-state index contributed by atoms with van der Waals surface area (Å²) >= 11 is 0. The molecule has 0 saturated carbocycles. The molecule has 0 bridgehead atoms. The first-order valence-electron chi connectivity index (χ1n) is 8.96. The van der Waals surface area contributed by atoms with E-state index in [4.69, 9.17) is 4.74 Å². The van der Waals surface area contributed by atoms with Gasteiger partial charge in [0.2, 0.25) is 0 Å². The van der Waals surface area contributed by atoms with Crippen molar-refractivity contribution in [2.75, 3.05) is 4.90 Å². The summed E-state index contributed by atoms with van der Waals surface area (Å²) in [5.74, 6) is -1.89. The lowest BCUT2D eigenvalue weighted by Gasteiger charge is -2.32. The van der Waals surface area contributed by atoms with Gasteiger partial charge in [0.25, 0.3) is 0 Å². The monoisotopic (exact) mass is 425 g/mol. The average Bonchev–Trinajstić information content (AvgIpc) is 2.60. The lowest BCUT2D eigenvalue weighted by molar-refractivity contribution is -0.137. The summed E-state index contributed by atoms with van der Waals surface area (Å²) in [7, 11) is 0. The van der Waals surface area contributed by atoms with Crippen LogP contribution in [0.15, 0.2) is 42.5 Å². The Labute approximate surface area is 171 Å². The van der Waals surface area contributed by atoms with E-state index in [1.807, 2.05) is 0 Å². The molecule has 0 aromatic heterocycles. The van der Waals surface area contributed by atoms with Crippen LogP contribution in [0.25, 0.3) is 0 Å². The van der Waals surface area contributed by atoms with Crippen LogP contribution in [0.3, 0.4) is 0 Å². The number of carboxylic acid groups (broad SMARTS) is 1. The number of carbonyl (C=O) groups is 2. The van der Waals surface area contributed by atoms with E-state index in [-0.39, 0.29) is 5.69 Å². The van der Waals surface area contributed by atoms with Crippen LogP contribution >= 0.6 is 0 Å². The molecule has 0 heterocycles. The predicted octanol–water partition coefficient (Wildman–Crippen LogP) is 5.61. The molecular formula is C21H22F3NO5. The minimum atomic E-state index is -4.50. The maximum Gasteiger partial charge on any atom is 0.416 e. The van der Waals surface area contributed by atoms with Crippen LogP contribution in [0.5, 0.6) is 5.75 Å². The molecule has 0 spiro atoms. The number of carboxylic acids is 1. The molecule has 2 aromatic carbocycles. The molecular weight excluding hydrogens is 403 g/mol. The van der Waals surface area contributed by atoms with Crippen molar-refractivity contribution in [1.82, 2.24) is 0 Å². The molecule has 162 valence electrons. The van der Waals surface area contributed by atoms with E-state index in [2.05, 4.69) is 0 Å². The standard InChI is InChI=1S/C21H22F3NO5/c1-12(13-5-7-14(8-6-13)21(22,23)24)25(19(29)30-20(2,3)4)15-9-10-17(26)16(11-15)18(27)28/h5-12,26H,1-4H3,(H,27,28). The average molecular weight is 425 g/mol. The van der Waals surface area contributed by atoms with Gasteiger partial charge in [0, 0.05) is 5.69 Å². The van der Waals surface area contributed by atoms with E-state index in [0.717, 1.165) is 29.2 Å².